The molecule has 3 heterocycles. The summed E-state index contributed by atoms with van der Waals surface area (Å²) in [6.45, 7) is 6.61. The van der Waals surface area contributed by atoms with Crippen molar-refractivity contribution in [2.75, 3.05) is 16.8 Å². The van der Waals surface area contributed by atoms with Gasteiger partial charge < -0.3 is 15.1 Å². The molecule has 0 bridgehead atoms. The highest BCUT2D eigenvalue weighted by atomic mass is 32.1. The minimum atomic E-state index is -0.269. The third-order valence-electron chi connectivity index (χ3n) is 6.79. The quantitative estimate of drug-likeness (QED) is 0.485. The molecule has 2 aromatic carbocycles. The first-order valence-electron chi connectivity index (χ1n) is 11.1. The number of fused-ring (bicyclic) bond motifs is 1. The number of pyridine rings is 1. The molecule has 0 spiro atoms. The first-order valence-corrected chi connectivity index (χ1v) is 11.5. The largest absolute Gasteiger partial charge is 0.366 e. The SMILES string of the molecule is CC1=CC(C)(C)N(C)c2ccc([C@@H]3[C@@H](c4ccccn4)NC(=S)N3c3ccc(F)cc3)cc21. The van der Waals surface area contributed by atoms with Crippen molar-refractivity contribution in [2.45, 2.75) is 38.4 Å². The minimum Gasteiger partial charge on any atom is -0.366 e. The molecule has 2 aliphatic heterocycles. The molecule has 2 aliphatic rings. The molecule has 2 atom stereocenters. The molecule has 0 aliphatic carbocycles. The van der Waals surface area contributed by atoms with Crippen molar-refractivity contribution in [3.8, 4) is 0 Å². The Kier molecular flexibility index (Phi) is 5.20. The van der Waals surface area contributed by atoms with Crippen LogP contribution in [0.15, 0.2) is 72.9 Å². The van der Waals surface area contributed by atoms with Crippen molar-refractivity contribution in [2.24, 2.45) is 0 Å². The monoisotopic (exact) mass is 458 g/mol. The lowest BCUT2D eigenvalue weighted by Crippen LogP contribution is -2.42. The zero-order valence-corrected chi connectivity index (χ0v) is 20.0. The lowest BCUT2D eigenvalue weighted by Gasteiger charge is -2.41. The van der Waals surface area contributed by atoms with E-state index >= 15 is 0 Å². The van der Waals surface area contributed by atoms with E-state index in [-0.39, 0.29) is 23.4 Å². The predicted octanol–water partition coefficient (Wildman–Crippen LogP) is 6.03. The third kappa shape index (κ3) is 3.68. The summed E-state index contributed by atoms with van der Waals surface area (Å²) >= 11 is 5.78. The molecule has 33 heavy (non-hydrogen) atoms. The molecule has 0 amide bonds. The van der Waals surface area contributed by atoms with Gasteiger partial charge in [0, 0.05) is 30.2 Å². The van der Waals surface area contributed by atoms with Gasteiger partial charge in [0.15, 0.2) is 5.11 Å². The second kappa shape index (κ2) is 7.96. The fourth-order valence-corrected chi connectivity index (χ4v) is 5.28. The van der Waals surface area contributed by atoms with Gasteiger partial charge in [-0.15, -0.1) is 0 Å². The molecule has 0 saturated carbocycles. The lowest BCUT2D eigenvalue weighted by molar-refractivity contribution is 0.566. The van der Waals surface area contributed by atoms with E-state index in [0.29, 0.717) is 5.11 Å². The van der Waals surface area contributed by atoms with E-state index in [1.807, 2.05) is 18.2 Å². The summed E-state index contributed by atoms with van der Waals surface area (Å²) in [5.74, 6) is -0.269. The highest BCUT2D eigenvalue weighted by molar-refractivity contribution is 7.80. The van der Waals surface area contributed by atoms with Gasteiger partial charge in [0.1, 0.15) is 5.82 Å². The maximum atomic E-state index is 13.7. The molecular formula is C27H27FN4S. The van der Waals surface area contributed by atoms with Crippen LogP contribution in [0.3, 0.4) is 0 Å². The molecule has 3 aromatic rings. The second-order valence-corrected chi connectivity index (χ2v) is 9.68. The van der Waals surface area contributed by atoms with Gasteiger partial charge in [-0.1, -0.05) is 18.2 Å². The number of anilines is 2. The van der Waals surface area contributed by atoms with Crippen LogP contribution in [0.1, 0.15) is 49.7 Å². The molecule has 1 N–H and O–H groups in total. The van der Waals surface area contributed by atoms with Gasteiger partial charge >= 0.3 is 0 Å². The first-order chi connectivity index (χ1) is 15.8. The second-order valence-electron chi connectivity index (χ2n) is 9.29. The molecule has 5 rings (SSSR count). The van der Waals surface area contributed by atoms with Gasteiger partial charge in [-0.25, -0.2) is 4.39 Å². The summed E-state index contributed by atoms with van der Waals surface area (Å²) in [7, 11) is 2.13. The van der Waals surface area contributed by atoms with Crippen molar-refractivity contribution in [3.63, 3.8) is 0 Å². The van der Waals surface area contributed by atoms with Gasteiger partial charge in [0.2, 0.25) is 0 Å². The van der Waals surface area contributed by atoms with Crippen LogP contribution in [0.2, 0.25) is 0 Å². The number of allylic oxidation sites excluding steroid dienone is 1. The Hall–Kier alpha value is -3.25. The highest BCUT2D eigenvalue weighted by Crippen LogP contribution is 2.45. The number of nitrogens with one attached hydrogen (secondary N) is 1. The van der Waals surface area contributed by atoms with E-state index in [4.69, 9.17) is 12.2 Å². The standard InChI is InChI=1S/C27H27FN4S/c1-17-16-27(2,3)31(4)23-13-8-18(15-21(17)23)25-24(22-7-5-6-14-29-22)30-26(33)32(25)20-11-9-19(28)10-12-20/h5-16,24-25H,1-4H3,(H,30,33)/t24-,25-/m1/s1. The van der Waals surface area contributed by atoms with Crippen LogP contribution in [0.5, 0.6) is 0 Å². The number of rotatable bonds is 3. The van der Waals surface area contributed by atoms with Crippen LogP contribution in [0, 0.1) is 5.82 Å². The number of aromatic nitrogens is 1. The molecule has 168 valence electrons. The molecule has 6 heteroatoms. The number of benzene rings is 2. The number of likely N-dealkylation sites (N-methyl/N-ethyl adjacent to an activating group) is 1. The van der Waals surface area contributed by atoms with E-state index in [0.717, 1.165) is 16.9 Å². The fraction of sp³-hybridized carbons (Fsp3) is 0.259. The molecule has 0 unspecified atom stereocenters. The third-order valence-corrected chi connectivity index (χ3v) is 7.10. The fourth-order valence-electron chi connectivity index (χ4n) is 4.93. The normalized spacial score (nSPS) is 21.5. The van der Waals surface area contributed by atoms with Crippen molar-refractivity contribution >= 4 is 34.3 Å². The number of hydrogen-bond donors (Lipinski definition) is 1. The van der Waals surface area contributed by atoms with E-state index < -0.39 is 0 Å². The summed E-state index contributed by atoms with van der Waals surface area (Å²) in [6.07, 6.45) is 4.11. The Morgan fingerprint density at radius 1 is 1.06 bits per heavy atom. The number of hydrogen-bond acceptors (Lipinski definition) is 3. The molecule has 1 saturated heterocycles. The van der Waals surface area contributed by atoms with Crippen LogP contribution in [-0.2, 0) is 0 Å². The smallest absolute Gasteiger partial charge is 0.174 e. The topological polar surface area (TPSA) is 31.4 Å². The average Bonchev–Trinajstić information content (AvgIpc) is 3.15. The zero-order valence-electron chi connectivity index (χ0n) is 19.2. The Morgan fingerprint density at radius 2 is 1.82 bits per heavy atom. The summed E-state index contributed by atoms with van der Waals surface area (Å²) in [5.41, 5.74) is 6.52. The van der Waals surface area contributed by atoms with E-state index in [1.54, 1.807) is 18.3 Å². The van der Waals surface area contributed by atoms with Crippen LogP contribution in [0.4, 0.5) is 15.8 Å². The number of nitrogens with zero attached hydrogens (tertiary/aromatic N) is 3. The van der Waals surface area contributed by atoms with Crippen molar-refractivity contribution in [1.29, 1.82) is 0 Å². The Balaban J connectivity index is 1.65. The number of thiocarbonyl (C=S) groups is 1. The molecule has 1 fully saturated rings. The van der Waals surface area contributed by atoms with Gasteiger partial charge in [-0.05, 0) is 92.7 Å². The Labute approximate surface area is 199 Å². The van der Waals surface area contributed by atoms with E-state index in [9.17, 15) is 4.39 Å². The maximum Gasteiger partial charge on any atom is 0.174 e. The van der Waals surface area contributed by atoms with Crippen LogP contribution >= 0.6 is 12.2 Å². The van der Waals surface area contributed by atoms with E-state index in [1.165, 1.54) is 29.0 Å². The van der Waals surface area contributed by atoms with Crippen LogP contribution in [0.25, 0.3) is 5.57 Å². The summed E-state index contributed by atoms with van der Waals surface area (Å²) in [6, 6.07) is 18.8. The van der Waals surface area contributed by atoms with Gasteiger partial charge in [-0.2, -0.15) is 0 Å². The summed E-state index contributed by atoms with van der Waals surface area (Å²) in [4.78, 5) is 9.00. The van der Waals surface area contributed by atoms with E-state index in [2.05, 4.69) is 72.2 Å². The predicted molar refractivity (Wildman–Crippen MR) is 137 cm³/mol. The van der Waals surface area contributed by atoms with Crippen molar-refractivity contribution < 1.29 is 4.39 Å². The Bertz CT molecular complexity index is 1240. The zero-order chi connectivity index (χ0) is 23.3. The highest BCUT2D eigenvalue weighted by Gasteiger charge is 2.41. The molecule has 4 nitrogen and oxygen atoms in total. The minimum absolute atomic E-state index is 0.0499. The van der Waals surface area contributed by atoms with Gasteiger partial charge in [-0.3, -0.25) is 4.98 Å². The van der Waals surface area contributed by atoms with Crippen LogP contribution in [-0.4, -0.2) is 22.7 Å². The van der Waals surface area contributed by atoms with Gasteiger partial charge in [0.25, 0.3) is 0 Å². The molecule has 0 radical (unpaired) electrons. The lowest BCUT2D eigenvalue weighted by atomic mass is 9.86. The van der Waals surface area contributed by atoms with Crippen molar-refractivity contribution in [1.82, 2.24) is 10.3 Å². The average molecular weight is 459 g/mol. The van der Waals surface area contributed by atoms with Crippen molar-refractivity contribution in [3.05, 3.63) is 95.6 Å². The number of halogens is 1. The van der Waals surface area contributed by atoms with Gasteiger partial charge in [0.05, 0.1) is 23.3 Å². The molecular weight excluding hydrogens is 431 g/mol. The molecule has 1 aromatic heterocycles. The Morgan fingerprint density at radius 3 is 2.52 bits per heavy atom. The first kappa shape index (κ1) is 21.6. The summed E-state index contributed by atoms with van der Waals surface area (Å²) < 4.78 is 13.7. The summed E-state index contributed by atoms with van der Waals surface area (Å²) in [5, 5.41) is 4.07. The van der Waals surface area contributed by atoms with Crippen LogP contribution < -0.4 is 15.1 Å². The maximum absolute atomic E-state index is 13.7.